The Morgan fingerprint density at radius 1 is 1.27 bits per heavy atom. The number of carbonyl (C=O) groups is 1. The Bertz CT molecular complexity index is 1220. The van der Waals surface area contributed by atoms with Gasteiger partial charge in [-0.2, -0.15) is 0 Å². The van der Waals surface area contributed by atoms with E-state index in [2.05, 4.69) is 15.9 Å². The first-order chi connectivity index (χ1) is 14.3. The molecule has 1 aliphatic rings. The summed E-state index contributed by atoms with van der Waals surface area (Å²) in [7, 11) is -1.57. The van der Waals surface area contributed by atoms with Crippen molar-refractivity contribution in [1.82, 2.24) is 4.90 Å². The largest absolute Gasteiger partial charge is 0.497 e. The number of ether oxygens (including phenoxy) is 1. The Hall–Kier alpha value is -2.32. The molecule has 3 aromatic rings. The molecule has 2 heterocycles. The monoisotopic (exact) mass is 491 g/mol. The van der Waals surface area contributed by atoms with Gasteiger partial charge in [0.1, 0.15) is 11.3 Å². The molecule has 0 aliphatic carbocycles. The van der Waals surface area contributed by atoms with E-state index in [1.165, 1.54) is 0 Å². The number of furan rings is 1. The predicted molar refractivity (Wildman–Crippen MR) is 119 cm³/mol. The summed E-state index contributed by atoms with van der Waals surface area (Å²) in [6.45, 7) is 2.12. The van der Waals surface area contributed by atoms with Crippen LogP contribution in [0.3, 0.4) is 0 Å². The van der Waals surface area contributed by atoms with Gasteiger partial charge in [0.2, 0.25) is 0 Å². The molecule has 0 radical (unpaired) electrons. The van der Waals surface area contributed by atoms with Crippen molar-refractivity contribution >= 4 is 42.6 Å². The van der Waals surface area contributed by atoms with Gasteiger partial charge < -0.3 is 14.1 Å². The minimum absolute atomic E-state index is 0.0342. The Labute approximate surface area is 183 Å². The maximum atomic E-state index is 13.6. The van der Waals surface area contributed by atoms with Crippen molar-refractivity contribution in [3.8, 4) is 5.75 Å². The summed E-state index contributed by atoms with van der Waals surface area (Å²) < 4.78 is 36.3. The fraction of sp³-hybridized carbons (Fsp3) is 0.318. The Kier molecular flexibility index (Phi) is 5.63. The third-order valence-corrected chi connectivity index (χ3v) is 7.74. The molecule has 1 saturated heterocycles. The number of fused-ring (bicyclic) bond motifs is 1. The first-order valence-corrected chi connectivity index (χ1v) is 12.2. The summed E-state index contributed by atoms with van der Waals surface area (Å²) in [5, 5.41) is 0.863. The van der Waals surface area contributed by atoms with Crippen molar-refractivity contribution in [3.05, 3.63) is 63.8 Å². The molecule has 1 atom stereocenters. The van der Waals surface area contributed by atoms with Crippen LogP contribution in [0.4, 0.5) is 0 Å². The lowest BCUT2D eigenvalue weighted by Crippen LogP contribution is -2.40. The SMILES string of the molecule is COc1cccc(CN(C(=O)c2oc3cc(Br)ccc3c2C)[C@@H]2CCS(=O)(=O)C2)c1. The van der Waals surface area contributed by atoms with Gasteiger partial charge in [0.25, 0.3) is 5.91 Å². The number of nitrogens with zero attached hydrogens (tertiary/aromatic N) is 1. The molecule has 30 heavy (non-hydrogen) atoms. The summed E-state index contributed by atoms with van der Waals surface area (Å²) in [6.07, 6.45) is 0.420. The minimum Gasteiger partial charge on any atom is -0.497 e. The Morgan fingerprint density at radius 2 is 2.07 bits per heavy atom. The second kappa shape index (κ2) is 8.07. The lowest BCUT2D eigenvalue weighted by atomic mass is 10.1. The van der Waals surface area contributed by atoms with Crippen LogP contribution in [0.1, 0.15) is 28.1 Å². The van der Waals surface area contributed by atoms with Crippen LogP contribution in [0.15, 0.2) is 51.4 Å². The van der Waals surface area contributed by atoms with Gasteiger partial charge >= 0.3 is 0 Å². The molecule has 0 unspecified atom stereocenters. The zero-order valence-corrected chi connectivity index (χ0v) is 19.1. The number of sulfone groups is 1. The molecular formula is C22H22BrNO5S. The summed E-state index contributed by atoms with van der Waals surface area (Å²) in [4.78, 5) is 15.2. The number of hydrogen-bond acceptors (Lipinski definition) is 5. The normalized spacial score (nSPS) is 17.9. The highest BCUT2D eigenvalue weighted by Crippen LogP contribution is 2.31. The second-order valence-electron chi connectivity index (χ2n) is 7.54. The van der Waals surface area contributed by atoms with E-state index in [4.69, 9.17) is 9.15 Å². The summed E-state index contributed by atoms with van der Waals surface area (Å²) in [6, 6.07) is 12.7. The number of methoxy groups -OCH3 is 1. The van der Waals surface area contributed by atoms with Crippen LogP contribution in [0.25, 0.3) is 11.0 Å². The van der Waals surface area contributed by atoms with Crippen molar-refractivity contribution in [2.24, 2.45) is 0 Å². The number of aryl methyl sites for hydroxylation is 1. The van der Waals surface area contributed by atoms with Crippen molar-refractivity contribution < 1.29 is 22.4 Å². The first-order valence-electron chi connectivity index (χ1n) is 9.60. The number of halogens is 1. The van der Waals surface area contributed by atoms with E-state index in [1.807, 2.05) is 49.4 Å². The van der Waals surface area contributed by atoms with E-state index in [0.717, 1.165) is 21.0 Å². The van der Waals surface area contributed by atoms with Gasteiger partial charge in [-0.15, -0.1) is 0 Å². The van der Waals surface area contributed by atoms with Crippen LogP contribution in [0, 0.1) is 6.92 Å². The molecule has 0 spiro atoms. The Balaban J connectivity index is 1.73. The fourth-order valence-corrected chi connectivity index (χ4v) is 5.96. The van der Waals surface area contributed by atoms with Crippen molar-refractivity contribution in [1.29, 1.82) is 0 Å². The standard InChI is InChI=1S/C22H22BrNO5S/c1-14-19-7-6-16(23)11-20(19)29-21(14)22(25)24(17-8-9-30(26,27)13-17)12-15-4-3-5-18(10-15)28-2/h3-7,10-11,17H,8-9,12-13H2,1-2H3/t17-/m1/s1. The fourth-order valence-electron chi connectivity index (χ4n) is 3.89. The molecule has 1 fully saturated rings. The molecule has 8 heteroatoms. The average Bonchev–Trinajstić information content (AvgIpc) is 3.24. The molecule has 0 saturated carbocycles. The topological polar surface area (TPSA) is 76.8 Å². The highest BCUT2D eigenvalue weighted by Gasteiger charge is 2.36. The minimum atomic E-state index is -3.16. The van der Waals surface area contributed by atoms with Crippen LogP contribution in [-0.2, 0) is 16.4 Å². The van der Waals surface area contributed by atoms with E-state index in [-0.39, 0.29) is 29.7 Å². The summed E-state index contributed by atoms with van der Waals surface area (Å²) >= 11 is 3.42. The molecule has 4 rings (SSSR count). The number of amides is 1. The van der Waals surface area contributed by atoms with Crippen LogP contribution in [0.5, 0.6) is 5.75 Å². The zero-order valence-electron chi connectivity index (χ0n) is 16.7. The zero-order chi connectivity index (χ0) is 21.5. The summed E-state index contributed by atoms with van der Waals surface area (Å²) in [5.41, 5.74) is 2.23. The van der Waals surface area contributed by atoms with Crippen molar-refractivity contribution in [2.45, 2.75) is 25.9 Å². The molecule has 1 aromatic heterocycles. The molecule has 6 nitrogen and oxygen atoms in total. The van der Waals surface area contributed by atoms with Crippen molar-refractivity contribution in [2.75, 3.05) is 18.6 Å². The first kappa shape index (κ1) is 20.9. The van der Waals surface area contributed by atoms with E-state index in [0.29, 0.717) is 17.8 Å². The van der Waals surface area contributed by atoms with Gasteiger partial charge in [-0.25, -0.2) is 8.42 Å². The van der Waals surface area contributed by atoms with Gasteiger partial charge in [-0.3, -0.25) is 4.79 Å². The van der Waals surface area contributed by atoms with Gasteiger partial charge in [-0.1, -0.05) is 28.1 Å². The molecule has 0 bridgehead atoms. The van der Waals surface area contributed by atoms with Crippen molar-refractivity contribution in [3.63, 3.8) is 0 Å². The number of rotatable bonds is 5. The smallest absolute Gasteiger partial charge is 0.290 e. The molecular weight excluding hydrogens is 470 g/mol. The number of carbonyl (C=O) groups excluding carboxylic acids is 1. The van der Waals surface area contributed by atoms with E-state index >= 15 is 0 Å². The van der Waals surface area contributed by atoms with Gasteiger partial charge in [0, 0.05) is 28.0 Å². The average molecular weight is 492 g/mol. The summed E-state index contributed by atoms with van der Waals surface area (Å²) in [5.74, 6) is 0.683. The maximum absolute atomic E-state index is 13.6. The quantitative estimate of drug-likeness (QED) is 0.530. The Morgan fingerprint density at radius 3 is 2.77 bits per heavy atom. The lowest BCUT2D eigenvalue weighted by Gasteiger charge is -2.28. The second-order valence-corrected chi connectivity index (χ2v) is 10.7. The molecule has 0 N–H and O–H groups in total. The van der Waals surface area contributed by atoms with Crippen LogP contribution >= 0.6 is 15.9 Å². The maximum Gasteiger partial charge on any atom is 0.290 e. The molecule has 2 aromatic carbocycles. The predicted octanol–water partition coefficient (Wildman–Crippen LogP) is 4.34. The van der Waals surface area contributed by atoms with Gasteiger partial charge in [-0.05, 0) is 49.2 Å². The molecule has 1 amide bonds. The van der Waals surface area contributed by atoms with Gasteiger partial charge in [0.15, 0.2) is 15.6 Å². The third-order valence-electron chi connectivity index (χ3n) is 5.49. The lowest BCUT2D eigenvalue weighted by molar-refractivity contribution is 0.0649. The van der Waals surface area contributed by atoms with Crippen LogP contribution < -0.4 is 4.74 Å². The van der Waals surface area contributed by atoms with Crippen LogP contribution in [0.2, 0.25) is 0 Å². The van der Waals surface area contributed by atoms with Gasteiger partial charge in [0.05, 0.1) is 18.6 Å². The molecule has 1 aliphatic heterocycles. The van der Waals surface area contributed by atoms with E-state index in [1.54, 1.807) is 12.0 Å². The molecule has 158 valence electrons. The highest BCUT2D eigenvalue weighted by molar-refractivity contribution is 9.10. The van der Waals surface area contributed by atoms with Crippen LogP contribution in [-0.4, -0.2) is 43.9 Å². The number of hydrogen-bond donors (Lipinski definition) is 0. The third kappa shape index (κ3) is 4.11. The highest BCUT2D eigenvalue weighted by atomic mass is 79.9. The number of benzene rings is 2. The van der Waals surface area contributed by atoms with E-state index < -0.39 is 15.9 Å². The van der Waals surface area contributed by atoms with E-state index in [9.17, 15) is 13.2 Å².